The van der Waals surface area contributed by atoms with E-state index in [1.165, 1.54) is 32.1 Å². The number of rotatable bonds is 6. The molecular formula is C18H24N4O. The van der Waals surface area contributed by atoms with Gasteiger partial charge in [-0.3, -0.25) is 14.5 Å². The summed E-state index contributed by atoms with van der Waals surface area (Å²) in [7, 11) is 0. The second kappa shape index (κ2) is 7.90. The van der Waals surface area contributed by atoms with E-state index in [-0.39, 0.29) is 5.91 Å². The van der Waals surface area contributed by atoms with Crippen molar-refractivity contribution in [2.75, 3.05) is 6.54 Å². The molecule has 5 nitrogen and oxygen atoms in total. The monoisotopic (exact) mass is 312 g/mol. The van der Waals surface area contributed by atoms with E-state index < -0.39 is 0 Å². The minimum absolute atomic E-state index is 0.175. The maximum Gasteiger partial charge on any atom is 0.220 e. The molecule has 23 heavy (non-hydrogen) atoms. The number of nitrogens with zero attached hydrogens (tertiary/aromatic N) is 3. The molecule has 0 saturated heterocycles. The number of carbonyl (C=O) groups excluding carboxylic acids is 1. The van der Waals surface area contributed by atoms with Gasteiger partial charge in [-0.15, -0.1) is 0 Å². The number of aromatic nitrogens is 3. The minimum atomic E-state index is 0.175. The fourth-order valence-corrected chi connectivity index (χ4v) is 3.17. The van der Waals surface area contributed by atoms with Crippen LogP contribution in [-0.2, 0) is 11.3 Å². The van der Waals surface area contributed by atoms with Crippen LogP contribution in [0, 0.1) is 5.92 Å². The molecule has 0 spiro atoms. The molecule has 1 aliphatic carbocycles. The largest absolute Gasteiger partial charge is 0.354 e. The van der Waals surface area contributed by atoms with Gasteiger partial charge >= 0.3 is 0 Å². The molecule has 1 N–H and O–H groups in total. The van der Waals surface area contributed by atoms with Gasteiger partial charge in [0.2, 0.25) is 5.91 Å². The molecule has 3 rings (SSSR count). The van der Waals surface area contributed by atoms with Crippen LogP contribution < -0.4 is 5.32 Å². The molecule has 1 amide bonds. The van der Waals surface area contributed by atoms with Crippen LogP contribution >= 0.6 is 0 Å². The van der Waals surface area contributed by atoms with Crippen LogP contribution in [-0.4, -0.2) is 27.2 Å². The Morgan fingerprint density at radius 1 is 1.17 bits per heavy atom. The third-order valence-electron chi connectivity index (χ3n) is 4.43. The fourth-order valence-electron chi connectivity index (χ4n) is 3.17. The SMILES string of the molecule is O=C(CC1CCCCC1)NCCn1ccc(-c2ccccn2)n1. The third-order valence-corrected chi connectivity index (χ3v) is 4.43. The fraction of sp³-hybridized carbons (Fsp3) is 0.500. The molecule has 2 aromatic rings. The molecule has 0 aliphatic heterocycles. The van der Waals surface area contributed by atoms with E-state index in [1.807, 2.05) is 35.1 Å². The van der Waals surface area contributed by atoms with Gasteiger partial charge in [0.15, 0.2) is 0 Å². The maximum absolute atomic E-state index is 12.0. The number of pyridine rings is 1. The van der Waals surface area contributed by atoms with E-state index in [0.29, 0.717) is 25.4 Å². The zero-order valence-corrected chi connectivity index (χ0v) is 13.4. The van der Waals surface area contributed by atoms with Gasteiger partial charge < -0.3 is 5.32 Å². The number of nitrogens with one attached hydrogen (secondary N) is 1. The van der Waals surface area contributed by atoms with E-state index in [0.717, 1.165) is 11.4 Å². The summed E-state index contributed by atoms with van der Waals surface area (Å²) in [5.41, 5.74) is 1.73. The Morgan fingerprint density at radius 2 is 2.04 bits per heavy atom. The van der Waals surface area contributed by atoms with Crippen molar-refractivity contribution >= 4 is 5.91 Å². The van der Waals surface area contributed by atoms with E-state index in [1.54, 1.807) is 6.20 Å². The van der Waals surface area contributed by atoms with Gasteiger partial charge in [-0.05, 0) is 37.0 Å². The van der Waals surface area contributed by atoms with Crippen molar-refractivity contribution in [2.24, 2.45) is 5.92 Å². The molecule has 1 aliphatic rings. The van der Waals surface area contributed by atoms with Crippen molar-refractivity contribution in [1.29, 1.82) is 0 Å². The highest BCUT2D eigenvalue weighted by Gasteiger charge is 2.16. The molecule has 0 atom stereocenters. The lowest BCUT2D eigenvalue weighted by Gasteiger charge is -2.20. The number of hydrogen-bond donors (Lipinski definition) is 1. The molecule has 1 saturated carbocycles. The lowest BCUT2D eigenvalue weighted by Crippen LogP contribution is -2.29. The smallest absolute Gasteiger partial charge is 0.220 e. The molecule has 0 bridgehead atoms. The highest BCUT2D eigenvalue weighted by Crippen LogP contribution is 2.25. The quantitative estimate of drug-likeness (QED) is 0.892. The van der Waals surface area contributed by atoms with Gasteiger partial charge in [0, 0.05) is 25.4 Å². The first-order chi connectivity index (χ1) is 11.3. The van der Waals surface area contributed by atoms with Crippen LogP contribution in [0.15, 0.2) is 36.7 Å². The molecule has 0 radical (unpaired) electrons. The maximum atomic E-state index is 12.0. The van der Waals surface area contributed by atoms with Gasteiger partial charge in [0.1, 0.15) is 5.69 Å². The first kappa shape index (κ1) is 15.7. The lowest BCUT2D eigenvalue weighted by molar-refractivity contribution is -0.122. The predicted molar refractivity (Wildman–Crippen MR) is 89.7 cm³/mol. The average molecular weight is 312 g/mol. The second-order valence-electron chi connectivity index (χ2n) is 6.24. The van der Waals surface area contributed by atoms with Gasteiger partial charge in [-0.2, -0.15) is 5.10 Å². The van der Waals surface area contributed by atoms with Crippen molar-refractivity contribution in [2.45, 2.75) is 45.1 Å². The Hall–Kier alpha value is -2.17. The zero-order valence-electron chi connectivity index (χ0n) is 13.4. The standard InChI is InChI=1S/C18H24N4O/c23-18(14-15-6-2-1-3-7-15)20-11-13-22-12-9-17(21-22)16-8-4-5-10-19-16/h4-5,8-10,12,15H,1-3,6-7,11,13-14H2,(H,20,23). The van der Waals surface area contributed by atoms with Crippen molar-refractivity contribution in [3.63, 3.8) is 0 Å². The number of amides is 1. The molecule has 122 valence electrons. The molecule has 1 fully saturated rings. The van der Waals surface area contributed by atoms with Crippen LogP contribution in [0.2, 0.25) is 0 Å². The Labute approximate surface area is 137 Å². The first-order valence-electron chi connectivity index (χ1n) is 8.53. The van der Waals surface area contributed by atoms with Gasteiger partial charge in [-0.1, -0.05) is 25.3 Å². The van der Waals surface area contributed by atoms with Crippen LogP contribution in [0.1, 0.15) is 38.5 Å². The van der Waals surface area contributed by atoms with Gasteiger partial charge in [-0.25, -0.2) is 0 Å². The van der Waals surface area contributed by atoms with E-state index in [9.17, 15) is 4.79 Å². The highest BCUT2D eigenvalue weighted by atomic mass is 16.1. The van der Waals surface area contributed by atoms with Crippen molar-refractivity contribution in [3.05, 3.63) is 36.7 Å². The average Bonchev–Trinajstić information content (AvgIpc) is 3.05. The Morgan fingerprint density at radius 3 is 2.83 bits per heavy atom. The normalized spacial score (nSPS) is 15.5. The summed E-state index contributed by atoms with van der Waals surface area (Å²) >= 11 is 0. The van der Waals surface area contributed by atoms with E-state index in [4.69, 9.17) is 0 Å². The number of hydrogen-bond acceptors (Lipinski definition) is 3. The molecule has 2 aromatic heterocycles. The highest BCUT2D eigenvalue weighted by molar-refractivity contribution is 5.76. The molecule has 0 aromatic carbocycles. The summed E-state index contributed by atoms with van der Waals surface area (Å²) in [6.07, 6.45) is 10.7. The molecule has 0 unspecified atom stereocenters. The summed E-state index contributed by atoms with van der Waals surface area (Å²) in [6.45, 7) is 1.30. The topological polar surface area (TPSA) is 59.8 Å². The van der Waals surface area contributed by atoms with Crippen LogP contribution in [0.4, 0.5) is 0 Å². The minimum Gasteiger partial charge on any atom is -0.354 e. The summed E-state index contributed by atoms with van der Waals surface area (Å²) in [5.74, 6) is 0.762. The van der Waals surface area contributed by atoms with Crippen molar-refractivity contribution < 1.29 is 4.79 Å². The molecular weight excluding hydrogens is 288 g/mol. The third kappa shape index (κ3) is 4.65. The van der Waals surface area contributed by atoms with E-state index >= 15 is 0 Å². The Balaban J connectivity index is 1.42. The summed E-state index contributed by atoms with van der Waals surface area (Å²) in [4.78, 5) is 16.3. The summed E-state index contributed by atoms with van der Waals surface area (Å²) < 4.78 is 1.85. The van der Waals surface area contributed by atoms with Crippen LogP contribution in [0.25, 0.3) is 11.4 Å². The molecule has 2 heterocycles. The Kier molecular flexibility index (Phi) is 5.40. The molecule has 5 heteroatoms. The lowest BCUT2D eigenvalue weighted by atomic mass is 9.87. The summed E-state index contributed by atoms with van der Waals surface area (Å²) in [6, 6.07) is 7.74. The van der Waals surface area contributed by atoms with Gasteiger partial charge in [0.05, 0.1) is 12.2 Å². The zero-order chi connectivity index (χ0) is 15.9. The van der Waals surface area contributed by atoms with E-state index in [2.05, 4.69) is 15.4 Å². The van der Waals surface area contributed by atoms with Gasteiger partial charge in [0.25, 0.3) is 0 Å². The Bertz CT molecular complexity index is 617. The second-order valence-corrected chi connectivity index (χ2v) is 6.24. The predicted octanol–water partition coefficient (Wildman–Crippen LogP) is 3.03. The first-order valence-corrected chi connectivity index (χ1v) is 8.53. The van der Waals surface area contributed by atoms with Crippen LogP contribution in [0.3, 0.4) is 0 Å². The summed E-state index contributed by atoms with van der Waals surface area (Å²) in [5, 5.41) is 7.51. The number of carbonyl (C=O) groups is 1. The van der Waals surface area contributed by atoms with Crippen LogP contribution in [0.5, 0.6) is 0 Å². The van der Waals surface area contributed by atoms with Crippen molar-refractivity contribution in [3.8, 4) is 11.4 Å². The van der Waals surface area contributed by atoms with Crippen molar-refractivity contribution in [1.82, 2.24) is 20.1 Å².